The SMILES string of the molecule is CCCCCCOC(=O)/N=C(\N)N(C)CC(=O)O. The quantitative estimate of drug-likeness (QED) is 0.402. The summed E-state index contributed by atoms with van der Waals surface area (Å²) in [5.74, 6) is -1.22. The fourth-order valence-corrected chi connectivity index (χ4v) is 1.18. The number of amides is 1. The number of ether oxygens (including phenoxy) is 1. The van der Waals surface area contributed by atoms with Gasteiger partial charge in [0.05, 0.1) is 6.61 Å². The zero-order valence-electron chi connectivity index (χ0n) is 10.9. The third-order valence-corrected chi connectivity index (χ3v) is 2.19. The molecule has 18 heavy (non-hydrogen) atoms. The number of likely N-dealkylation sites (N-methyl/N-ethyl adjacent to an activating group) is 1. The van der Waals surface area contributed by atoms with E-state index in [2.05, 4.69) is 11.9 Å². The lowest BCUT2D eigenvalue weighted by atomic mass is 10.2. The summed E-state index contributed by atoms with van der Waals surface area (Å²) in [6.45, 7) is 2.08. The van der Waals surface area contributed by atoms with Crippen molar-refractivity contribution in [2.24, 2.45) is 10.7 Å². The molecule has 104 valence electrons. The van der Waals surface area contributed by atoms with Crippen molar-refractivity contribution in [2.75, 3.05) is 20.2 Å². The second-order valence-electron chi connectivity index (χ2n) is 3.89. The van der Waals surface area contributed by atoms with Crippen molar-refractivity contribution in [3.8, 4) is 0 Å². The van der Waals surface area contributed by atoms with Crippen LogP contribution < -0.4 is 5.73 Å². The van der Waals surface area contributed by atoms with Crippen molar-refractivity contribution in [1.82, 2.24) is 4.90 Å². The number of aliphatic imine (C=N–C) groups is 1. The molecule has 3 N–H and O–H groups in total. The summed E-state index contributed by atoms with van der Waals surface area (Å²) in [6.07, 6.45) is 3.21. The number of nitrogens with two attached hydrogens (primary N) is 1. The molecule has 0 spiro atoms. The summed E-state index contributed by atoms with van der Waals surface area (Å²) in [6, 6.07) is 0. The van der Waals surface area contributed by atoms with Crippen LogP contribution in [0.15, 0.2) is 4.99 Å². The van der Waals surface area contributed by atoms with E-state index in [-0.39, 0.29) is 12.5 Å². The second kappa shape index (κ2) is 9.26. The normalized spacial score (nSPS) is 11.1. The first-order chi connectivity index (χ1) is 8.47. The molecule has 0 rings (SSSR count). The van der Waals surface area contributed by atoms with E-state index in [1.165, 1.54) is 7.05 Å². The molecular weight excluding hydrogens is 238 g/mol. The van der Waals surface area contributed by atoms with Crippen molar-refractivity contribution in [1.29, 1.82) is 0 Å². The number of carboxylic acids is 1. The zero-order chi connectivity index (χ0) is 14.0. The Hall–Kier alpha value is -1.79. The van der Waals surface area contributed by atoms with Gasteiger partial charge in [-0.1, -0.05) is 26.2 Å². The van der Waals surface area contributed by atoms with Gasteiger partial charge in [-0.2, -0.15) is 0 Å². The summed E-state index contributed by atoms with van der Waals surface area (Å²) < 4.78 is 4.83. The largest absolute Gasteiger partial charge is 0.480 e. The molecule has 0 saturated heterocycles. The Labute approximate surface area is 107 Å². The summed E-state index contributed by atoms with van der Waals surface area (Å²) in [5.41, 5.74) is 5.43. The molecule has 0 aromatic heterocycles. The van der Waals surface area contributed by atoms with Gasteiger partial charge in [0.25, 0.3) is 0 Å². The third-order valence-electron chi connectivity index (χ3n) is 2.19. The highest BCUT2D eigenvalue weighted by atomic mass is 16.5. The van der Waals surface area contributed by atoms with Gasteiger partial charge < -0.3 is 20.5 Å². The van der Waals surface area contributed by atoms with E-state index < -0.39 is 12.1 Å². The van der Waals surface area contributed by atoms with Crippen molar-refractivity contribution in [3.05, 3.63) is 0 Å². The predicted molar refractivity (Wildman–Crippen MR) is 67.4 cm³/mol. The van der Waals surface area contributed by atoms with Gasteiger partial charge in [0.15, 0.2) is 0 Å². The maximum atomic E-state index is 11.2. The molecule has 7 heteroatoms. The third kappa shape index (κ3) is 8.37. The monoisotopic (exact) mass is 259 g/mol. The lowest BCUT2D eigenvalue weighted by molar-refractivity contribution is -0.137. The van der Waals surface area contributed by atoms with Gasteiger partial charge in [0, 0.05) is 7.05 Å². The molecule has 0 fully saturated rings. The maximum Gasteiger partial charge on any atom is 0.436 e. The van der Waals surface area contributed by atoms with E-state index in [0.717, 1.165) is 30.6 Å². The topological polar surface area (TPSA) is 105 Å². The highest BCUT2D eigenvalue weighted by molar-refractivity contribution is 5.90. The average molecular weight is 259 g/mol. The molecule has 0 bridgehead atoms. The minimum absolute atomic E-state index is 0.170. The van der Waals surface area contributed by atoms with Crippen LogP contribution in [0.2, 0.25) is 0 Å². The number of hydrogen-bond acceptors (Lipinski definition) is 3. The van der Waals surface area contributed by atoms with E-state index in [1.54, 1.807) is 0 Å². The Morgan fingerprint density at radius 3 is 2.56 bits per heavy atom. The highest BCUT2D eigenvalue weighted by Gasteiger charge is 2.09. The lowest BCUT2D eigenvalue weighted by Crippen LogP contribution is -2.38. The second-order valence-corrected chi connectivity index (χ2v) is 3.89. The van der Waals surface area contributed by atoms with E-state index >= 15 is 0 Å². The first-order valence-corrected chi connectivity index (χ1v) is 5.91. The molecule has 1 amide bonds. The highest BCUT2D eigenvalue weighted by Crippen LogP contribution is 1.99. The van der Waals surface area contributed by atoms with Gasteiger partial charge in [0.2, 0.25) is 5.96 Å². The van der Waals surface area contributed by atoms with Crippen LogP contribution in [0.25, 0.3) is 0 Å². The average Bonchev–Trinajstić information content (AvgIpc) is 2.27. The van der Waals surface area contributed by atoms with Crippen molar-refractivity contribution >= 4 is 18.0 Å². The molecule has 0 radical (unpaired) electrons. The van der Waals surface area contributed by atoms with Crippen LogP contribution in [-0.4, -0.2) is 48.2 Å². The molecule has 0 unspecified atom stereocenters. The van der Waals surface area contributed by atoms with Crippen LogP contribution in [0.5, 0.6) is 0 Å². The molecule has 0 aromatic rings. The Kier molecular flexibility index (Phi) is 8.34. The number of aliphatic carboxylic acids is 1. The Morgan fingerprint density at radius 2 is 2.00 bits per heavy atom. The number of carbonyl (C=O) groups is 2. The summed E-state index contributed by atoms with van der Waals surface area (Å²) >= 11 is 0. The van der Waals surface area contributed by atoms with Crippen molar-refractivity contribution in [3.63, 3.8) is 0 Å². The molecule has 0 heterocycles. The number of nitrogens with zero attached hydrogens (tertiary/aromatic N) is 2. The number of carbonyl (C=O) groups excluding carboxylic acids is 1. The molecule has 0 aliphatic heterocycles. The molecule has 0 saturated carbocycles. The number of guanidine groups is 1. The van der Waals surface area contributed by atoms with Gasteiger partial charge in [-0.3, -0.25) is 4.79 Å². The van der Waals surface area contributed by atoms with Gasteiger partial charge in [-0.25, -0.2) is 4.79 Å². The number of unbranched alkanes of at least 4 members (excludes halogenated alkanes) is 3. The Balaban J connectivity index is 3.92. The van der Waals surface area contributed by atoms with Gasteiger partial charge in [-0.15, -0.1) is 4.99 Å². The van der Waals surface area contributed by atoms with Crippen LogP contribution in [0.4, 0.5) is 4.79 Å². The van der Waals surface area contributed by atoms with Gasteiger partial charge >= 0.3 is 12.1 Å². The molecular formula is C11H21N3O4. The summed E-state index contributed by atoms with van der Waals surface area (Å²) in [4.78, 5) is 26.2. The smallest absolute Gasteiger partial charge is 0.436 e. The molecule has 7 nitrogen and oxygen atoms in total. The lowest BCUT2D eigenvalue weighted by Gasteiger charge is -2.14. The molecule has 0 aliphatic carbocycles. The molecule has 0 aliphatic rings. The minimum Gasteiger partial charge on any atom is -0.480 e. The van der Waals surface area contributed by atoms with Crippen LogP contribution >= 0.6 is 0 Å². The van der Waals surface area contributed by atoms with Gasteiger partial charge in [0.1, 0.15) is 6.54 Å². The Bertz CT molecular complexity index is 305. The number of carboxylic acid groups (broad SMARTS) is 1. The fourth-order valence-electron chi connectivity index (χ4n) is 1.18. The number of hydrogen-bond donors (Lipinski definition) is 2. The minimum atomic E-state index is -1.05. The maximum absolute atomic E-state index is 11.2. The van der Waals surface area contributed by atoms with E-state index in [9.17, 15) is 9.59 Å². The van der Waals surface area contributed by atoms with Crippen LogP contribution in [0.3, 0.4) is 0 Å². The fraction of sp³-hybridized carbons (Fsp3) is 0.727. The van der Waals surface area contributed by atoms with Gasteiger partial charge in [-0.05, 0) is 6.42 Å². The zero-order valence-corrected chi connectivity index (χ0v) is 10.9. The van der Waals surface area contributed by atoms with E-state index in [4.69, 9.17) is 15.6 Å². The predicted octanol–water partition coefficient (Wildman–Crippen LogP) is 1.03. The van der Waals surface area contributed by atoms with E-state index in [1.807, 2.05) is 0 Å². The standard InChI is InChI=1S/C11H21N3O4/c1-3-4-5-6-7-18-11(17)13-10(12)14(2)8-9(15)16/h3-8H2,1-2H3,(H,15,16)(H2,12,13,17). The van der Waals surface area contributed by atoms with Crippen molar-refractivity contribution < 1.29 is 19.4 Å². The number of rotatable bonds is 7. The molecule has 0 aromatic carbocycles. The summed E-state index contributed by atoms with van der Waals surface area (Å²) in [7, 11) is 1.43. The van der Waals surface area contributed by atoms with Crippen LogP contribution in [0.1, 0.15) is 32.6 Å². The molecule has 0 atom stereocenters. The summed E-state index contributed by atoms with van der Waals surface area (Å²) in [5, 5.41) is 8.52. The van der Waals surface area contributed by atoms with E-state index in [0.29, 0.717) is 6.61 Å². The Morgan fingerprint density at radius 1 is 1.33 bits per heavy atom. The van der Waals surface area contributed by atoms with Crippen LogP contribution in [-0.2, 0) is 9.53 Å². The van der Waals surface area contributed by atoms with Crippen LogP contribution in [0, 0.1) is 0 Å². The van der Waals surface area contributed by atoms with Crippen molar-refractivity contribution in [2.45, 2.75) is 32.6 Å². The first-order valence-electron chi connectivity index (χ1n) is 5.91. The first kappa shape index (κ1) is 16.2.